The molecule has 1 aromatic carbocycles. The van der Waals surface area contributed by atoms with E-state index in [9.17, 15) is 26.4 Å². The number of benzene rings is 1. The van der Waals surface area contributed by atoms with E-state index in [1.807, 2.05) is 4.72 Å². The van der Waals surface area contributed by atoms with Gasteiger partial charge in [0, 0.05) is 25.5 Å². The average Bonchev–Trinajstić information content (AvgIpc) is 2.64. The van der Waals surface area contributed by atoms with Gasteiger partial charge in [-0.1, -0.05) is 6.07 Å². The molecule has 12 heteroatoms. The van der Waals surface area contributed by atoms with Crippen LogP contribution in [-0.4, -0.2) is 43.9 Å². The molecule has 0 aliphatic heterocycles. The summed E-state index contributed by atoms with van der Waals surface area (Å²) >= 11 is 0. The monoisotopic (exact) mass is 403 g/mol. The molecule has 146 valence electrons. The second-order valence-electron chi connectivity index (χ2n) is 5.20. The van der Waals surface area contributed by atoms with Gasteiger partial charge in [-0.25, -0.2) is 23.1 Å². The lowest BCUT2D eigenvalue weighted by Gasteiger charge is -2.11. The molecule has 0 bridgehead atoms. The lowest BCUT2D eigenvalue weighted by molar-refractivity contribution is -0.137. The summed E-state index contributed by atoms with van der Waals surface area (Å²) in [5, 5.41) is 5.29. The Balaban J connectivity index is 1.81. The van der Waals surface area contributed by atoms with Crippen molar-refractivity contribution in [3.05, 3.63) is 48.3 Å². The SMILES string of the molecule is O=C(CNS(=O)(=O)c1cccc(C(F)(F)F)c1)NCCNc1ncccn1. The van der Waals surface area contributed by atoms with Crippen molar-refractivity contribution in [2.75, 3.05) is 25.0 Å². The lowest BCUT2D eigenvalue weighted by Crippen LogP contribution is -2.38. The molecule has 0 unspecified atom stereocenters. The normalized spacial score (nSPS) is 11.8. The standard InChI is InChI=1S/C15H16F3N5O3S/c16-15(17,18)11-3-1-4-12(9-11)27(25,26)23-10-13(24)19-7-8-22-14-20-5-2-6-21-14/h1-6,9,23H,7-8,10H2,(H,19,24)(H,20,21,22). The highest BCUT2D eigenvalue weighted by molar-refractivity contribution is 7.89. The number of sulfonamides is 1. The molecule has 1 heterocycles. The van der Waals surface area contributed by atoms with E-state index in [0.29, 0.717) is 18.6 Å². The first-order valence-electron chi connectivity index (χ1n) is 7.63. The Labute approximate surface area is 153 Å². The van der Waals surface area contributed by atoms with Gasteiger partial charge in [0.15, 0.2) is 0 Å². The van der Waals surface area contributed by atoms with Crippen LogP contribution < -0.4 is 15.4 Å². The van der Waals surface area contributed by atoms with E-state index in [-0.39, 0.29) is 6.54 Å². The number of halogens is 3. The molecule has 0 spiro atoms. The van der Waals surface area contributed by atoms with Gasteiger partial charge in [-0.15, -0.1) is 0 Å². The van der Waals surface area contributed by atoms with E-state index in [1.54, 1.807) is 6.07 Å². The predicted octanol–water partition coefficient (Wildman–Crippen LogP) is 1.00. The third kappa shape index (κ3) is 6.49. The average molecular weight is 403 g/mol. The number of nitrogens with one attached hydrogen (secondary N) is 3. The summed E-state index contributed by atoms with van der Waals surface area (Å²) in [6.07, 6.45) is -1.59. The van der Waals surface area contributed by atoms with Crippen LogP contribution >= 0.6 is 0 Å². The van der Waals surface area contributed by atoms with Crippen molar-refractivity contribution in [2.24, 2.45) is 0 Å². The van der Waals surface area contributed by atoms with Crippen LogP contribution in [0.4, 0.5) is 19.1 Å². The van der Waals surface area contributed by atoms with E-state index in [0.717, 1.165) is 18.2 Å². The number of carbonyl (C=O) groups is 1. The largest absolute Gasteiger partial charge is 0.416 e. The molecule has 0 saturated heterocycles. The molecule has 0 aliphatic carbocycles. The van der Waals surface area contributed by atoms with Gasteiger partial charge < -0.3 is 10.6 Å². The maximum Gasteiger partial charge on any atom is 0.416 e. The Bertz CT molecular complexity index is 876. The van der Waals surface area contributed by atoms with Gasteiger partial charge in [-0.2, -0.15) is 13.2 Å². The van der Waals surface area contributed by atoms with E-state index < -0.39 is 39.1 Å². The molecule has 1 amide bonds. The zero-order valence-corrected chi connectivity index (χ0v) is 14.6. The highest BCUT2D eigenvalue weighted by Gasteiger charge is 2.31. The van der Waals surface area contributed by atoms with Crippen LogP contribution in [0, 0.1) is 0 Å². The highest BCUT2D eigenvalue weighted by Crippen LogP contribution is 2.30. The Morgan fingerprint density at radius 3 is 2.44 bits per heavy atom. The van der Waals surface area contributed by atoms with Crippen molar-refractivity contribution in [1.82, 2.24) is 20.0 Å². The van der Waals surface area contributed by atoms with Crippen LogP contribution in [0.1, 0.15) is 5.56 Å². The van der Waals surface area contributed by atoms with Crippen LogP contribution in [0.25, 0.3) is 0 Å². The summed E-state index contributed by atoms with van der Waals surface area (Å²) in [5.41, 5.74) is -1.09. The van der Waals surface area contributed by atoms with Crippen molar-refractivity contribution in [3.63, 3.8) is 0 Å². The van der Waals surface area contributed by atoms with Crippen LogP contribution in [0.15, 0.2) is 47.6 Å². The fraction of sp³-hybridized carbons (Fsp3) is 0.267. The van der Waals surface area contributed by atoms with Gasteiger partial charge in [0.2, 0.25) is 21.9 Å². The first-order chi connectivity index (χ1) is 12.7. The molecule has 2 aromatic rings. The van der Waals surface area contributed by atoms with Crippen LogP contribution in [0.5, 0.6) is 0 Å². The van der Waals surface area contributed by atoms with Crippen molar-refractivity contribution in [2.45, 2.75) is 11.1 Å². The van der Waals surface area contributed by atoms with Crippen molar-refractivity contribution in [3.8, 4) is 0 Å². The third-order valence-corrected chi connectivity index (χ3v) is 4.59. The summed E-state index contributed by atoms with van der Waals surface area (Å²) in [4.78, 5) is 18.9. The maximum atomic E-state index is 12.7. The fourth-order valence-corrected chi connectivity index (χ4v) is 2.94. The maximum absolute atomic E-state index is 12.7. The quantitative estimate of drug-likeness (QED) is 0.567. The molecule has 2 rings (SSSR count). The molecule has 3 N–H and O–H groups in total. The van der Waals surface area contributed by atoms with Gasteiger partial charge in [-0.3, -0.25) is 4.79 Å². The number of carbonyl (C=O) groups excluding carboxylic acids is 1. The highest BCUT2D eigenvalue weighted by atomic mass is 32.2. The number of alkyl halides is 3. The minimum absolute atomic E-state index is 0.169. The predicted molar refractivity (Wildman–Crippen MR) is 90.2 cm³/mol. The fourth-order valence-electron chi connectivity index (χ4n) is 1.91. The summed E-state index contributed by atoms with van der Waals surface area (Å²) < 4.78 is 64.1. The molecular weight excluding hydrogens is 387 g/mol. The second kappa shape index (κ2) is 8.77. The van der Waals surface area contributed by atoms with Gasteiger partial charge in [-0.05, 0) is 24.3 Å². The number of rotatable bonds is 8. The van der Waals surface area contributed by atoms with E-state index in [2.05, 4.69) is 20.6 Å². The number of aromatic nitrogens is 2. The van der Waals surface area contributed by atoms with Gasteiger partial charge in [0.25, 0.3) is 0 Å². The smallest absolute Gasteiger partial charge is 0.353 e. The lowest BCUT2D eigenvalue weighted by atomic mass is 10.2. The Morgan fingerprint density at radius 2 is 1.78 bits per heavy atom. The zero-order chi connectivity index (χ0) is 19.9. The van der Waals surface area contributed by atoms with Crippen LogP contribution in [0.3, 0.4) is 0 Å². The summed E-state index contributed by atoms with van der Waals surface area (Å²) in [7, 11) is -4.26. The minimum Gasteiger partial charge on any atom is -0.353 e. The van der Waals surface area contributed by atoms with E-state index >= 15 is 0 Å². The molecule has 8 nitrogen and oxygen atoms in total. The number of anilines is 1. The number of hydrogen-bond acceptors (Lipinski definition) is 6. The topological polar surface area (TPSA) is 113 Å². The van der Waals surface area contributed by atoms with Gasteiger partial charge in [0.1, 0.15) is 0 Å². The Hall–Kier alpha value is -2.73. The Kier molecular flexibility index (Phi) is 6.69. The van der Waals surface area contributed by atoms with Crippen molar-refractivity contribution >= 4 is 21.9 Å². The minimum atomic E-state index is -4.67. The summed E-state index contributed by atoms with van der Waals surface area (Å²) in [5.74, 6) is -0.265. The van der Waals surface area contributed by atoms with Crippen molar-refractivity contribution < 1.29 is 26.4 Å². The number of hydrogen-bond donors (Lipinski definition) is 3. The molecule has 0 fully saturated rings. The summed E-state index contributed by atoms with van der Waals surface area (Å²) in [6.45, 7) is -0.140. The van der Waals surface area contributed by atoms with Crippen molar-refractivity contribution in [1.29, 1.82) is 0 Å². The number of nitrogens with zero attached hydrogens (tertiary/aromatic N) is 2. The first-order valence-corrected chi connectivity index (χ1v) is 9.11. The molecule has 1 aromatic heterocycles. The molecule has 0 aliphatic rings. The first kappa shape index (κ1) is 20.6. The molecule has 0 radical (unpaired) electrons. The van der Waals surface area contributed by atoms with E-state index in [1.165, 1.54) is 12.4 Å². The molecule has 0 saturated carbocycles. The second-order valence-corrected chi connectivity index (χ2v) is 6.97. The van der Waals surface area contributed by atoms with E-state index in [4.69, 9.17) is 0 Å². The number of amides is 1. The molecule has 27 heavy (non-hydrogen) atoms. The zero-order valence-electron chi connectivity index (χ0n) is 13.8. The van der Waals surface area contributed by atoms with Gasteiger partial charge in [0.05, 0.1) is 17.0 Å². The molecule has 0 atom stereocenters. The van der Waals surface area contributed by atoms with Gasteiger partial charge >= 0.3 is 6.18 Å². The Morgan fingerprint density at radius 1 is 1.07 bits per heavy atom. The molecular formula is C15H16F3N5O3S. The van der Waals surface area contributed by atoms with Crippen LogP contribution in [0.2, 0.25) is 0 Å². The third-order valence-electron chi connectivity index (χ3n) is 3.19. The van der Waals surface area contributed by atoms with Crippen LogP contribution in [-0.2, 0) is 21.0 Å². The summed E-state index contributed by atoms with van der Waals surface area (Å²) in [6, 6.07) is 4.90.